The first-order valence-electron chi connectivity index (χ1n) is 8.42. The van der Waals surface area contributed by atoms with Crippen LogP contribution in [-0.2, 0) is 6.42 Å². The number of fused-ring (bicyclic) bond motifs is 1. The highest BCUT2D eigenvalue weighted by atomic mass is 35.5. The lowest BCUT2D eigenvalue weighted by molar-refractivity contribution is -0.274. The van der Waals surface area contributed by atoms with Crippen LogP contribution in [0, 0.1) is 0 Å². The zero-order valence-electron chi connectivity index (χ0n) is 15.0. The molecule has 1 aliphatic heterocycles. The Hall–Kier alpha value is -2.74. The van der Waals surface area contributed by atoms with Crippen LogP contribution in [0.1, 0.15) is 23.6 Å². The van der Waals surface area contributed by atoms with E-state index in [2.05, 4.69) is 15.2 Å². The first-order valence-corrected chi connectivity index (χ1v) is 8.80. The van der Waals surface area contributed by atoms with Gasteiger partial charge in [-0.05, 0) is 43.2 Å². The summed E-state index contributed by atoms with van der Waals surface area (Å²) < 4.78 is 42.1. The highest BCUT2D eigenvalue weighted by Crippen LogP contribution is 2.30. The van der Waals surface area contributed by atoms with Gasteiger partial charge >= 0.3 is 12.4 Å². The molecular formula is C19H17ClF3N3O2. The van der Waals surface area contributed by atoms with Crippen LogP contribution in [0.5, 0.6) is 5.75 Å². The second kappa shape index (κ2) is 7.71. The number of urea groups is 1. The summed E-state index contributed by atoms with van der Waals surface area (Å²) in [4.78, 5) is 12.3. The van der Waals surface area contributed by atoms with Crippen LogP contribution in [0.2, 0.25) is 5.02 Å². The normalized spacial score (nSPS) is 16.7. The highest BCUT2D eigenvalue weighted by Gasteiger charge is 2.32. The smallest absolute Gasteiger partial charge is 0.406 e. The average Bonchev–Trinajstić information content (AvgIpc) is 2.77. The second-order valence-corrected chi connectivity index (χ2v) is 6.71. The molecule has 2 aromatic rings. The number of hydrogen-bond acceptors (Lipinski definition) is 3. The Kier molecular flexibility index (Phi) is 5.51. The number of halogens is 4. The van der Waals surface area contributed by atoms with Crippen LogP contribution in [0.15, 0.2) is 47.6 Å². The Labute approximate surface area is 164 Å². The lowest BCUT2D eigenvalue weighted by Crippen LogP contribution is -2.41. The number of hydrogen-bond donors (Lipinski definition) is 1. The predicted octanol–water partition coefficient (Wildman–Crippen LogP) is 4.58. The summed E-state index contributed by atoms with van der Waals surface area (Å²) in [6, 6.07) is 10.1. The molecule has 148 valence electrons. The second-order valence-electron chi connectivity index (χ2n) is 6.28. The van der Waals surface area contributed by atoms with Crippen molar-refractivity contribution in [1.29, 1.82) is 0 Å². The van der Waals surface area contributed by atoms with Crippen LogP contribution < -0.4 is 10.1 Å². The van der Waals surface area contributed by atoms with Crippen molar-refractivity contribution < 1.29 is 22.7 Å². The molecule has 1 N–H and O–H groups in total. The van der Waals surface area contributed by atoms with E-state index < -0.39 is 12.4 Å². The van der Waals surface area contributed by atoms with E-state index in [1.165, 1.54) is 24.2 Å². The third kappa shape index (κ3) is 4.39. The summed E-state index contributed by atoms with van der Waals surface area (Å²) in [5.74, 6) is -0.353. The largest absolute Gasteiger partial charge is 0.573 e. The fourth-order valence-electron chi connectivity index (χ4n) is 3.00. The number of hydrazone groups is 1. The van der Waals surface area contributed by atoms with E-state index in [0.717, 1.165) is 5.56 Å². The third-order valence-corrected chi connectivity index (χ3v) is 4.50. The van der Waals surface area contributed by atoms with Crippen molar-refractivity contribution in [2.75, 3.05) is 7.05 Å². The Bertz CT molecular complexity index is 914. The van der Waals surface area contributed by atoms with Crippen molar-refractivity contribution in [1.82, 2.24) is 10.3 Å². The lowest BCUT2D eigenvalue weighted by Gasteiger charge is -2.22. The number of carbonyl (C=O) groups is 1. The first kappa shape index (κ1) is 20.0. The van der Waals surface area contributed by atoms with Crippen molar-refractivity contribution in [3.8, 4) is 5.75 Å². The Morgan fingerprint density at radius 3 is 2.54 bits per heavy atom. The van der Waals surface area contributed by atoms with Crippen LogP contribution in [0.25, 0.3) is 0 Å². The topological polar surface area (TPSA) is 53.9 Å². The Balaban J connectivity index is 2.17. The maximum absolute atomic E-state index is 12.7. The molecule has 9 heteroatoms. The van der Waals surface area contributed by atoms with Gasteiger partial charge in [0.1, 0.15) is 5.75 Å². The molecule has 1 atom stereocenters. The van der Waals surface area contributed by atoms with Crippen molar-refractivity contribution in [2.45, 2.75) is 25.7 Å². The zero-order chi connectivity index (χ0) is 20.5. The molecule has 0 bridgehead atoms. The van der Waals surface area contributed by atoms with E-state index in [9.17, 15) is 18.0 Å². The summed E-state index contributed by atoms with van der Waals surface area (Å²) >= 11 is 5.95. The number of ether oxygens (including phenoxy) is 1. The predicted molar refractivity (Wildman–Crippen MR) is 99.7 cm³/mol. The molecule has 28 heavy (non-hydrogen) atoms. The quantitative estimate of drug-likeness (QED) is 0.786. The van der Waals surface area contributed by atoms with E-state index in [-0.39, 0.29) is 11.8 Å². The van der Waals surface area contributed by atoms with Crippen molar-refractivity contribution in [3.63, 3.8) is 0 Å². The number of amides is 2. The minimum Gasteiger partial charge on any atom is -0.406 e. The number of benzene rings is 2. The van der Waals surface area contributed by atoms with Crippen LogP contribution in [0.4, 0.5) is 18.0 Å². The Morgan fingerprint density at radius 2 is 1.93 bits per heavy atom. The van der Waals surface area contributed by atoms with E-state index in [1.54, 1.807) is 30.3 Å². The summed E-state index contributed by atoms with van der Waals surface area (Å²) in [7, 11) is 1.49. The van der Waals surface area contributed by atoms with Gasteiger partial charge < -0.3 is 10.1 Å². The maximum atomic E-state index is 12.7. The maximum Gasteiger partial charge on any atom is 0.573 e. The molecule has 0 aromatic heterocycles. The first-order chi connectivity index (χ1) is 13.2. The van der Waals surface area contributed by atoms with Crippen molar-refractivity contribution in [3.05, 3.63) is 64.2 Å². The van der Waals surface area contributed by atoms with E-state index >= 15 is 0 Å². The summed E-state index contributed by atoms with van der Waals surface area (Å²) in [6.45, 7) is 1.81. The van der Waals surface area contributed by atoms with Crippen LogP contribution in [-0.4, -0.2) is 36.2 Å². The molecule has 0 spiro atoms. The number of rotatable bonds is 2. The summed E-state index contributed by atoms with van der Waals surface area (Å²) in [5, 5.41) is 8.78. The van der Waals surface area contributed by atoms with Gasteiger partial charge in [-0.2, -0.15) is 5.10 Å². The standard InChI is InChI=1S/C19H17ClF3N3O2/c1-11-9-13-5-8-15(28-19(21,22)23)10-16(13)17(25-26(11)18(27)24-2)12-3-6-14(20)7-4-12/h3-8,10-11H,9H2,1-2H3,(H,24,27)/t11-/m1/s1. The van der Waals surface area contributed by atoms with Gasteiger partial charge in [0.15, 0.2) is 0 Å². The molecule has 5 nitrogen and oxygen atoms in total. The van der Waals surface area contributed by atoms with E-state index in [0.29, 0.717) is 28.3 Å². The minimum atomic E-state index is -4.81. The number of alkyl halides is 3. The fraction of sp³-hybridized carbons (Fsp3) is 0.263. The van der Waals surface area contributed by atoms with Gasteiger partial charge in [0.05, 0.1) is 11.8 Å². The van der Waals surface area contributed by atoms with Gasteiger partial charge in [0.25, 0.3) is 0 Å². The van der Waals surface area contributed by atoms with E-state index in [4.69, 9.17) is 11.6 Å². The minimum absolute atomic E-state index is 0.308. The molecule has 2 aromatic carbocycles. The molecule has 0 aliphatic carbocycles. The molecule has 0 fully saturated rings. The summed E-state index contributed by atoms with van der Waals surface area (Å²) in [5.41, 5.74) is 2.18. The number of nitrogens with one attached hydrogen (secondary N) is 1. The molecule has 1 heterocycles. The molecular weight excluding hydrogens is 395 g/mol. The van der Waals surface area contributed by atoms with Crippen LogP contribution in [0.3, 0.4) is 0 Å². The third-order valence-electron chi connectivity index (χ3n) is 4.25. The van der Waals surface area contributed by atoms with Gasteiger partial charge in [0.2, 0.25) is 0 Å². The fourth-order valence-corrected chi connectivity index (χ4v) is 3.12. The van der Waals surface area contributed by atoms with Crippen LogP contribution >= 0.6 is 11.6 Å². The van der Waals surface area contributed by atoms with Gasteiger partial charge in [0, 0.05) is 23.2 Å². The monoisotopic (exact) mass is 411 g/mol. The van der Waals surface area contributed by atoms with Gasteiger partial charge in [-0.3, -0.25) is 0 Å². The highest BCUT2D eigenvalue weighted by molar-refractivity contribution is 6.30. The molecule has 0 saturated carbocycles. The molecule has 0 radical (unpaired) electrons. The number of nitrogens with zero attached hydrogens (tertiary/aromatic N) is 2. The summed E-state index contributed by atoms with van der Waals surface area (Å²) in [6.07, 6.45) is -4.40. The van der Waals surface area contributed by atoms with Gasteiger partial charge in [-0.1, -0.05) is 29.8 Å². The van der Waals surface area contributed by atoms with Crippen molar-refractivity contribution >= 4 is 23.3 Å². The molecule has 1 aliphatic rings. The average molecular weight is 412 g/mol. The lowest BCUT2D eigenvalue weighted by atomic mass is 9.94. The zero-order valence-corrected chi connectivity index (χ0v) is 15.8. The number of carbonyl (C=O) groups excluding carboxylic acids is 1. The van der Waals surface area contributed by atoms with Gasteiger partial charge in [-0.15, -0.1) is 13.2 Å². The molecule has 3 rings (SSSR count). The molecule has 0 saturated heterocycles. The van der Waals surface area contributed by atoms with Crippen molar-refractivity contribution in [2.24, 2.45) is 5.10 Å². The van der Waals surface area contributed by atoms with Gasteiger partial charge in [-0.25, -0.2) is 9.80 Å². The molecule has 0 unspecified atom stereocenters. The van der Waals surface area contributed by atoms with E-state index in [1.807, 2.05) is 6.92 Å². The SMILES string of the molecule is CNC(=O)N1N=C(c2ccc(Cl)cc2)c2cc(OC(F)(F)F)ccc2C[C@H]1C. The molecule has 2 amide bonds. The Morgan fingerprint density at radius 1 is 1.25 bits per heavy atom.